The zero-order valence-electron chi connectivity index (χ0n) is 25.3. The van der Waals surface area contributed by atoms with Crippen molar-refractivity contribution >= 4 is 23.0 Å². The third-order valence-corrected chi connectivity index (χ3v) is 7.98. The topological polar surface area (TPSA) is 170 Å². The molecule has 238 valence electrons. The summed E-state index contributed by atoms with van der Waals surface area (Å²) in [4.78, 5) is 35.0. The Hall–Kier alpha value is -5.08. The Labute approximate surface area is 263 Å². The lowest BCUT2D eigenvalue weighted by atomic mass is 9.80. The summed E-state index contributed by atoms with van der Waals surface area (Å²) in [6, 6.07) is 24.6. The van der Waals surface area contributed by atoms with Gasteiger partial charge in [0.1, 0.15) is 35.4 Å². The average molecular weight is 628 g/mol. The number of aliphatic hydroxyl groups is 2. The second-order valence-electron chi connectivity index (χ2n) is 10.8. The van der Waals surface area contributed by atoms with Crippen molar-refractivity contribution in [2.45, 2.75) is 37.1 Å². The molecule has 1 saturated heterocycles. The van der Waals surface area contributed by atoms with E-state index in [-0.39, 0.29) is 23.7 Å². The fraction of sp³-hybridized carbons (Fsp3) is 0.273. The molecule has 0 aliphatic carbocycles. The molecule has 3 aromatic carbocycles. The smallest absolute Gasteiger partial charge is 0.280 e. The third-order valence-electron chi connectivity index (χ3n) is 7.98. The molecule has 3 heterocycles. The predicted molar refractivity (Wildman–Crippen MR) is 167 cm³/mol. The van der Waals surface area contributed by atoms with Gasteiger partial charge in [-0.3, -0.25) is 24.5 Å². The van der Waals surface area contributed by atoms with Crippen LogP contribution in [-0.2, 0) is 19.9 Å². The zero-order chi connectivity index (χ0) is 32.4. The Bertz CT molecular complexity index is 1830. The highest BCUT2D eigenvalue weighted by atomic mass is 16.6. The molecule has 1 aliphatic heterocycles. The number of imidazole rings is 1. The number of nitrogens with one attached hydrogen (secondary N) is 2. The highest BCUT2D eigenvalue weighted by Crippen LogP contribution is 2.43. The second-order valence-corrected chi connectivity index (χ2v) is 10.8. The molecule has 1 fully saturated rings. The van der Waals surface area contributed by atoms with Gasteiger partial charge < -0.3 is 29.2 Å². The summed E-state index contributed by atoms with van der Waals surface area (Å²) in [6.07, 6.45) is -3.68. The van der Waals surface area contributed by atoms with Crippen LogP contribution in [0.3, 0.4) is 0 Å². The van der Waals surface area contributed by atoms with Crippen LogP contribution in [-0.4, -0.2) is 74.8 Å². The molecule has 13 heteroatoms. The number of ether oxygens (including phenoxy) is 4. The molecule has 0 radical (unpaired) electrons. The molecule has 4 unspecified atom stereocenters. The fourth-order valence-corrected chi connectivity index (χ4v) is 5.72. The van der Waals surface area contributed by atoms with Crippen molar-refractivity contribution in [1.29, 1.82) is 0 Å². The minimum Gasteiger partial charge on any atom is -0.497 e. The van der Waals surface area contributed by atoms with E-state index in [9.17, 15) is 19.8 Å². The molecule has 1 amide bonds. The number of hydrogen-bond donors (Lipinski definition) is 4. The lowest BCUT2D eigenvalue weighted by Gasteiger charge is -2.37. The number of aromatic amines is 1. The minimum atomic E-state index is -1.43. The number of benzene rings is 3. The zero-order valence-corrected chi connectivity index (χ0v) is 25.3. The van der Waals surface area contributed by atoms with Gasteiger partial charge in [0, 0.05) is 6.92 Å². The van der Waals surface area contributed by atoms with Gasteiger partial charge in [-0.15, -0.1) is 0 Å². The van der Waals surface area contributed by atoms with Gasteiger partial charge in [0.05, 0.1) is 27.2 Å². The van der Waals surface area contributed by atoms with E-state index < -0.39 is 41.6 Å². The first-order valence-corrected chi connectivity index (χ1v) is 14.5. The van der Waals surface area contributed by atoms with E-state index in [4.69, 9.17) is 18.9 Å². The van der Waals surface area contributed by atoms with E-state index in [0.29, 0.717) is 11.5 Å². The summed E-state index contributed by atoms with van der Waals surface area (Å²) in [6.45, 7) is 1.12. The summed E-state index contributed by atoms with van der Waals surface area (Å²) < 4.78 is 25.2. The van der Waals surface area contributed by atoms with Gasteiger partial charge in [0.2, 0.25) is 11.9 Å². The minimum absolute atomic E-state index is 0.0267. The monoisotopic (exact) mass is 627 g/mol. The molecule has 0 bridgehead atoms. The largest absolute Gasteiger partial charge is 0.497 e. The molecule has 5 aromatic rings. The molecule has 0 spiro atoms. The summed E-state index contributed by atoms with van der Waals surface area (Å²) >= 11 is 0. The first-order valence-electron chi connectivity index (χ1n) is 14.5. The van der Waals surface area contributed by atoms with Gasteiger partial charge >= 0.3 is 0 Å². The molecule has 6 rings (SSSR count). The van der Waals surface area contributed by atoms with Crippen molar-refractivity contribution in [2.75, 3.05) is 26.1 Å². The summed E-state index contributed by atoms with van der Waals surface area (Å²) in [5.74, 6) is 0.811. The Morgan fingerprint density at radius 1 is 0.935 bits per heavy atom. The SMILES string of the molecule is COc1ccc(C(OCC2OC(n3cnc4c(=O)[nH]c(NC(C)=O)nc43)C(O)C2O)(c2ccccc2)c2ccc(OC)cc2)cc1. The van der Waals surface area contributed by atoms with Crippen molar-refractivity contribution in [1.82, 2.24) is 19.5 Å². The number of carbonyl (C=O) groups excluding carboxylic acids is 1. The predicted octanol–water partition coefficient (Wildman–Crippen LogP) is 2.72. The van der Waals surface area contributed by atoms with Crippen LogP contribution in [0.4, 0.5) is 5.95 Å². The number of methoxy groups -OCH3 is 2. The number of carbonyl (C=O) groups is 1. The third kappa shape index (κ3) is 5.61. The van der Waals surface area contributed by atoms with Crippen molar-refractivity contribution in [3.63, 3.8) is 0 Å². The summed E-state index contributed by atoms with van der Waals surface area (Å²) in [7, 11) is 3.19. The van der Waals surface area contributed by atoms with Gasteiger partial charge in [0.25, 0.3) is 5.56 Å². The molecule has 4 N–H and O–H groups in total. The highest BCUT2D eigenvalue weighted by Gasteiger charge is 2.47. The molecule has 13 nitrogen and oxygen atoms in total. The Morgan fingerprint density at radius 3 is 2.09 bits per heavy atom. The van der Waals surface area contributed by atoms with Gasteiger partial charge in [-0.25, -0.2) is 4.98 Å². The van der Waals surface area contributed by atoms with Crippen LogP contribution in [0.2, 0.25) is 0 Å². The van der Waals surface area contributed by atoms with E-state index in [1.807, 2.05) is 78.9 Å². The molecule has 1 aliphatic rings. The van der Waals surface area contributed by atoms with E-state index >= 15 is 0 Å². The first-order chi connectivity index (χ1) is 22.2. The lowest BCUT2D eigenvalue weighted by molar-refractivity contribution is -0.114. The molecular weight excluding hydrogens is 594 g/mol. The Morgan fingerprint density at radius 2 is 1.52 bits per heavy atom. The number of hydrogen-bond acceptors (Lipinski definition) is 10. The number of rotatable bonds is 10. The van der Waals surface area contributed by atoms with Crippen LogP contribution >= 0.6 is 0 Å². The van der Waals surface area contributed by atoms with Gasteiger partial charge in [-0.1, -0.05) is 54.6 Å². The quantitative estimate of drug-likeness (QED) is 0.169. The second kappa shape index (κ2) is 12.7. The van der Waals surface area contributed by atoms with Crippen molar-refractivity contribution < 1.29 is 34.0 Å². The van der Waals surface area contributed by atoms with Crippen LogP contribution in [0.25, 0.3) is 11.2 Å². The van der Waals surface area contributed by atoms with E-state index in [0.717, 1.165) is 16.7 Å². The number of aliphatic hydroxyl groups excluding tert-OH is 2. The van der Waals surface area contributed by atoms with Crippen molar-refractivity contribution in [3.8, 4) is 11.5 Å². The maximum atomic E-state index is 12.6. The number of aromatic nitrogens is 4. The molecule has 0 saturated carbocycles. The molecule has 4 atom stereocenters. The van der Waals surface area contributed by atoms with Gasteiger partial charge in [0.15, 0.2) is 17.4 Å². The van der Waals surface area contributed by atoms with Gasteiger partial charge in [-0.05, 0) is 41.0 Å². The van der Waals surface area contributed by atoms with E-state index in [1.54, 1.807) is 14.2 Å². The van der Waals surface area contributed by atoms with E-state index in [1.165, 1.54) is 17.8 Å². The van der Waals surface area contributed by atoms with Crippen LogP contribution in [0, 0.1) is 0 Å². The fourth-order valence-electron chi connectivity index (χ4n) is 5.72. The van der Waals surface area contributed by atoms with Crippen molar-refractivity contribution in [3.05, 3.63) is 112 Å². The maximum Gasteiger partial charge on any atom is 0.280 e. The van der Waals surface area contributed by atoms with Crippen LogP contribution in [0.5, 0.6) is 11.5 Å². The highest BCUT2D eigenvalue weighted by molar-refractivity contribution is 5.87. The maximum absolute atomic E-state index is 12.6. The van der Waals surface area contributed by atoms with Crippen LogP contribution in [0.15, 0.2) is 90.0 Å². The lowest BCUT2D eigenvalue weighted by Crippen LogP contribution is -2.39. The van der Waals surface area contributed by atoms with E-state index in [2.05, 4.69) is 20.3 Å². The first kappa shape index (κ1) is 30.9. The van der Waals surface area contributed by atoms with Crippen LogP contribution in [0.1, 0.15) is 29.8 Å². The normalized spacial score (nSPS) is 19.7. The van der Waals surface area contributed by atoms with Crippen molar-refractivity contribution in [2.24, 2.45) is 0 Å². The summed E-state index contributed by atoms with van der Waals surface area (Å²) in [5.41, 5.74) is 0.626. The Balaban J connectivity index is 1.38. The molecule has 2 aromatic heterocycles. The average Bonchev–Trinajstić information content (AvgIpc) is 3.62. The molecular formula is C33H33N5O8. The number of anilines is 1. The number of nitrogens with zero attached hydrogens (tertiary/aromatic N) is 3. The Kier molecular flexibility index (Phi) is 8.56. The van der Waals surface area contributed by atoms with Crippen LogP contribution < -0.4 is 20.3 Å². The van der Waals surface area contributed by atoms with Gasteiger partial charge in [-0.2, -0.15) is 4.98 Å². The number of amides is 1. The summed E-state index contributed by atoms with van der Waals surface area (Å²) in [5, 5.41) is 24.8. The number of H-pyrrole nitrogens is 1. The number of fused-ring (bicyclic) bond motifs is 1. The standard InChI is InChI=1S/C33H33N5O8/c1-19(39)35-32-36-29-26(30(42)37-32)34-18-38(29)31-28(41)27(40)25(46-31)17-45-33(20-7-5-4-6-8-20,21-9-13-23(43-2)14-10-21)22-11-15-24(44-3)16-12-22/h4-16,18,25,27-28,31,40-41H,17H2,1-3H3,(H2,35,36,37,39,42). The molecule has 46 heavy (non-hydrogen) atoms.